The van der Waals surface area contributed by atoms with E-state index < -0.39 is 16.1 Å². The van der Waals surface area contributed by atoms with E-state index >= 15 is 0 Å². The van der Waals surface area contributed by atoms with Crippen LogP contribution in [0.25, 0.3) is 6.08 Å². The largest absolute Gasteiger partial charge is 0.331 e. The van der Waals surface area contributed by atoms with Crippen LogP contribution in [0.1, 0.15) is 25.3 Å². The van der Waals surface area contributed by atoms with Gasteiger partial charge in [-0.1, -0.05) is 30.3 Å². The molecule has 0 aliphatic carbocycles. The molecule has 0 unspecified atom stereocenters. The van der Waals surface area contributed by atoms with Crippen molar-refractivity contribution in [3.05, 3.63) is 40.8 Å². The molecule has 1 fully saturated rings. The highest BCUT2D eigenvalue weighted by Crippen LogP contribution is 2.12. The molecule has 1 aromatic rings. The van der Waals surface area contributed by atoms with Gasteiger partial charge < -0.3 is 4.90 Å². The predicted molar refractivity (Wildman–Crippen MR) is 78.4 cm³/mol. The van der Waals surface area contributed by atoms with Crippen molar-refractivity contribution in [2.45, 2.75) is 19.8 Å². The van der Waals surface area contributed by atoms with Crippen LogP contribution in [0.15, 0.2) is 35.2 Å². The molecule has 0 spiro atoms. The smallest absolute Gasteiger partial charge is 0.324 e. The van der Waals surface area contributed by atoms with Gasteiger partial charge in [-0.3, -0.25) is 0 Å². The Hall–Kier alpha value is -1.82. The second-order valence-corrected chi connectivity index (χ2v) is 6.63. The molecular weight excluding hydrogens is 276 g/mol. The van der Waals surface area contributed by atoms with Crippen molar-refractivity contribution in [1.82, 2.24) is 9.62 Å². The Balaban J connectivity index is 2.09. The van der Waals surface area contributed by atoms with Crippen LogP contribution in [0.3, 0.4) is 0 Å². The maximum atomic E-state index is 12.1. The lowest BCUT2D eigenvalue weighted by atomic mass is 10.2. The molecule has 1 aliphatic rings. The standard InChI is InChI=1S/C14H18N2O3S/c1-12(11-13-7-3-2-4-8-13)20(18,19)15-14(17)16-9-5-6-10-16/h2-4,7-8,11H,5-6,9-10H2,1H3,(H,15,17). The van der Waals surface area contributed by atoms with Gasteiger partial charge in [0.15, 0.2) is 0 Å². The van der Waals surface area contributed by atoms with Gasteiger partial charge in [0, 0.05) is 13.1 Å². The normalized spacial score (nSPS) is 16.2. The molecule has 0 atom stereocenters. The number of allylic oxidation sites excluding steroid dienone is 1. The summed E-state index contributed by atoms with van der Waals surface area (Å²) >= 11 is 0. The molecule has 0 bridgehead atoms. The summed E-state index contributed by atoms with van der Waals surface area (Å²) in [5, 5.41) is 0. The zero-order valence-electron chi connectivity index (χ0n) is 11.4. The van der Waals surface area contributed by atoms with E-state index in [0.717, 1.165) is 18.4 Å². The van der Waals surface area contributed by atoms with E-state index in [1.807, 2.05) is 18.2 Å². The van der Waals surface area contributed by atoms with Crippen LogP contribution in [0.2, 0.25) is 0 Å². The Labute approximate surface area is 119 Å². The lowest BCUT2D eigenvalue weighted by molar-refractivity contribution is 0.215. The molecule has 1 aromatic carbocycles. The lowest BCUT2D eigenvalue weighted by Crippen LogP contribution is -2.41. The molecule has 0 radical (unpaired) electrons. The Kier molecular flexibility index (Phi) is 4.44. The van der Waals surface area contributed by atoms with Crippen molar-refractivity contribution < 1.29 is 13.2 Å². The molecule has 1 aliphatic heterocycles. The molecular formula is C14H18N2O3S. The van der Waals surface area contributed by atoms with Crippen molar-refractivity contribution >= 4 is 22.1 Å². The SMILES string of the molecule is CC(=Cc1ccccc1)S(=O)(=O)NC(=O)N1CCCC1. The first-order valence-electron chi connectivity index (χ1n) is 6.54. The zero-order valence-corrected chi connectivity index (χ0v) is 12.2. The second-order valence-electron chi connectivity index (χ2n) is 4.77. The molecule has 2 amide bonds. The predicted octanol–water partition coefficient (Wildman–Crippen LogP) is 2.18. The third-order valence-corrected chi connectivity index (χ3v) is 4.62. The highest BCUT2D eigenvalue weighted by atomic mass is 32.2. The summed E-state index contributed by atoms with van der Waals surface area (Å²) in [5.74, 6) is 0. The number of urea groups is 1. The van der Waals surface area contributed by atoms with Gasteiger partial charge in [0.2, 0.25) is 0 Å². The minimum Gasteiger partial charge on any atom is -0.324 e. The highest BCUT2D eigenvalue weighted by Gasteiger charge is 2.23. The fraction of sp³-hybridized carbons (Fsp3) is 0.357. The minimum atomic E-state index is -3.78. The van der Waals surface area contributed by atoms with Crippen LogP contribution in [0.5, 0.6) is 0 Å². The molecule has 1 N–H and O–H groups in total. The van der Waals surface area contributed by atoms with Crippen LogP contribution < -0.4 is 4.72 Å². The van der Waals surface area contributed by atoms with E-state index in [0.29, 0.717) is 13.1 Å². The van der Waals surface area contributed by atoms with Gasteiger partial charge in [-0.25, -0.2) is 17.9 Å². The van der Waals surface area contributed by atoms with E-state index in [-0.39, 0.29) is 4.91 Å². The third kappa shape index (κ3) is 3.60. The van der Waals surface area contributed by atoms with Crippen LogP contribution >= 0.6 is 0 Å². The Morgan fingerprint density at radius 2 is 1.80 bits per heavy atom. The highest BCUT2D eigenvalue weighted by molar-refractivity contribution is 7.94. The molecule has 0 saturated carbocycles. The van der Waals surface area contributed by atoms with Crippen LogP contribution in [0.4, 0.5) is 4.79 Å². The average molecular weight is 294 g/mol. The Morgan fingerprint density at radius 1 is 1.20 bits per heavy atom. The van der Waals surface area contributed by atoms with Gasteiger partial charge in [-0.05, 0) is 31.4 Å². The summed E-state index contributed by atoms with van der Waals surface area (Å²) in [5.41, 5.74) is 0.781. The van der Waals surface area contributed by atoms with Crippen LogP contribution in [-0.4, -0.2) is 32.4 Å². The fourth-order valence-electron chi connectivity index (χ4n) is 2.04. The number of likely N-dealkylation sites (tertiary alicyclic amines) is 1. The first kappa shape index (κ1) is 14.6. The number of hydrogen-bond donors (Lipinski definition) is 1. The average Bonchev–Trinajstić information content (AvgIpc) is 2.93. The Morgan fingerprint density at radius 3 is 2.40 bits per heavy atom. The molecule has 20 heavy (non-hydrogen) atoms. The molecule has 0 aromatic heterocycles. The van der Waals surface area contributed by atoms with E-state index in [1.54, 1.807) is 18.2 Å². The Bertz CT molecular complexity index is 603. The molecule has 6 heteroatoms. The summed E-state index contributed by atoms with van der Waals surface area (Å²) in [4.78, 5) is 13.5. The summed E-state index contributed by atoms with van der Waals surface area (Å²) in [7, 11) is -3.78. The van der Waals surface area contributed by atoms with Gasteiger partial charge in [-0.2, -0.15) is 0 Å². The van der Waals surface area contributed by atoms with E-state index in [2.05, 4.69) is 4.72 Å². The third-order valence-electron chi connectivity index (χ3n) is 3.21. The fourth-order valence-corrected chi connectivity index (χ4v) is 2.85. The maximum absolute atomic E-state index is 12.1. The van der Waals surface area contributed by atoms with E-state index in [4.69, 9.17) is 0 Å². The number of rotatable bonds is 3. The number of hydrogen-bond acceptors (Lipinski definition) is 3. The van der Waals surface area contributed by atoms with Gasteiger partial charge in [-0.15, -0.1) is 0 Å². The lowest BCUT2D eigenvalue weighted by Gasteiger charge is -2.16. The first-order valence-corrected chi connectivity index (χ1v) is 8.02. The number of carbonyl (C=O) groups is 1. The summed E-state index contributed by atoms with van der Waals surface area (Å²) < 4.78 is 26.3. The van der Waals surface area contributed by atoms with Crippen molar-refractivity contribution in [3.8, 4) is 0 Å². The molecule has 1 heterocycles. The maximum Gasteiger partial charge on any atom is 0.331 e. The molecule has 5 nitrogen and oxygen atoms in total. The topological polar surface area (TPSA) is 66.5 Å². The molecule has 2 rings (SSSR count). The number of amides is 2. The minimum absolute atomic E-state index is 0.122. The first-order chi connectivity index (χ1) is 9.49. The number of sulfonamides is 1. The van der Waals surface area contributed by atoms with Crippen molar-refractivity contribution in [2.75, 3.05) is 13.1 Å². The van der Waals surface area contributed by atoms with Gasteiger partial charge >= 0.3 is 6.03 Å². The second kappa shape index (κ2) is 6.09. The number of nitrogens with zero attached hydrogens (tertiary/aromatic N) is 1. The van der Waals surface area contributed by atoms with Crippen LogP contribution in [-0.2, 0) is 10.0 Å². The monoisotopic (exact) mass is 294 g/mol. The van der Waals surface area contributed by atoms with Gasteiger partial charge in [0.1, 0.15) is 0 Å². The quantitative estimate of drug-likeness (QED) is 0.929. The molecule has 1 saturated heterocycles. The van der Waals surface area contributed by atoms with Crippen LogP contribution in [0, 0.1) is 0 Å². The van der Waals surface area contributed by atoms with Gasteiger partial charge in [0.05, 0.1) is 4.91 Å². The van der Waals surface area contributed by atoms with E-state index in [1.165, 1.54) is 11.8 Å². The summed E-state index contributed by atoms with van der Waals surface area (Å²) in [6.07, 6.45) is 3.39. The van der Waals surface area contributed by atoms with Crippen molar-refractivity contribution in [1.29, 1.82) is 0 Å². The number of carbonyl (C=O) groups excluding carboxylic acids is 1. The molecule has 108 valence electrons. The summed E-state index contributed by atoms with van der Waals surface area (Å²) in [6.45, 7) is 2.71. The number of benzene rings is 1. The van der Waals surface area contributed by atoms with Crippen molar-refractivity contribution in [3.63, 3.8) is 0 Å². The summed E-state index contributed by atoms with van der Waals surface area (Å²) in [6, 6.07) is 8.59. The number of nitrogens with one attached hydrogen (secondary N) is 1. The van der Waals surface area contributed by atoms with Gasteiger partial charge in [0.25, 0.3) is 10.0 Å². The zero-order chi connectivity index (χ0) is 14.6. The van der Waals surface area contributed by atoms with E-state index in [9.17, 15) is 13.2 Å². The van der Waals surface area contributed by atoms with Crippen molar-refractivity contribution in [2.24, 2.45) is 0 Å².